The molecule has 1 aromatic rings. The molecule has 110 valence electrons. The number of benzene rings is 1. The maximum absolute atomic E-state index is 12.1. The van der Waals surface area contributed by atoms with Gasteiger partial charge in [-0.3, -0.25) is 9.69 Å². The summed E-state index contributed by atoms with van der Waals surface area (Å²) in [6.07, 6.45) is 3.70. The molecule has 20 heavy (non-hydrogen) atoms. The zero-order valence-electron chi connectivity index (χ0n) is 12.5. The van der Waals surface area contributed by atoms with Crippen molar-refractivity contribution in [3.63, 3.8) is 0 Å². The number of hydrogen-bond acceptors (Lipinski definition) is 3. The van der Waals surface area contributed by atoms with E-state index in [2.05, 4.69) is 17.1 Å². The molecule has 1 atom stereocenters. The number of amides is 1. The molecule has 0 radical (unpaired) electrons. The van der Waals surface area contributed by atoms with E-state index in [9.17, 15) is 4.79 Å². The highest BCUT2D eigenvalue weighted by atomic mass is 16.2. The number of piperidine rings is 1. The van der Waals surface area contributed by atoms with E-state index in [0.717, 1.165) is 35.9 Å². The van der Waals surface area contributed by atoms with Gasteiger partial charge < -0.3 is 11.1 Å². The number of nitrogens with two attached hydrogens (primary N) is 1. The molecule has 1 unspecified atom stereocenters. The van der Waals surface area contributed by atoms with E-state index in [1.807, 2.05) is 25.1 Å². The van der Waals surface area contributed by atoms with Crippen molar-refractivity contribution in [1.82, 2.24) is 4.90 Å². The van der Waals surface area contributed by atoms with E-state index >= 15 is 0 Å². The smallest absolute Gasteiger partial charge is 0.238 e. The van der Waals surface area contributed by atoms with Crippen LogP contribution in [0, 0.1) is 12.8 Å². The molecule has 3 N–H and O–H groups in total. The Bertz CT molecular complexity index is 473. The van der Waals surface area contributed by atoms with Gasteiger partial charge in [0.2, 0.25) is 5.91 Å². The van der Waals surface area contributed by atoms with Crippen molar-refractivity contribution < 1.29 is 4.79 Å². The van der Waals surface area contributed by atoms with Crippen LogP contribution in [-0.2, 0) is 4.79 Å². The number of carbonyl (C=O) groups is 1. The Morgan fingerprint density at radius 3 is 3.00 bits per heavy atom. The van der Waals surface area contributed by atoms with Crippen LogP contribution in [-0.4, -0.2) is 30.4 Å². The SMILES string of the molecule is CCC1CCCN(CC(=O)Nc2ccc(N)cc2C)C1. The molecule has 0 spiro atoms. The van der Waals surface area contributed by atoms with Crippen LogP contribution in [0.5, 0.6) is 0 Å². The molecule has 2 rings (SSSR count). The average molecular weight is 275 g/mol. The van der Waals surface area contributed by atoms with Gasteiger partial charge in [-0.25, -0.2) is 0 Å². The highest BCUT2D eigenvalue weighted by Crippen LogP contribution is 2.20. The van der Waals surface area contributed by atoms with E-state index in [-0.39, 0.29) is 5.91 Å². The summed E-state index contributed by atoms with van der Waals surface area (Å²) in [4.78, 5) is 14.4. The van der Waals surface area contributed by atoms with Crippen LogP contribution in [0.15, 0.2) is 18.2 Å². The average Bonchev–Trinajstić information content (AvgIpc) is 2.42. The van der Waals surface area contributed by atoms with Gasteiger partial charge in [0.05, 0.1) is 6.54 Å². The lowest BCUT2D eigenvalue weighted by Gasteiger charge is -2.31. The number of likely N-dealkylation sites (tertiary alicyclic amines) is 1. The summed E-state index contributed by atoms with van der Waals surface area (Å²) < 4.78 is 0. The molecular weight excluding hydrogens is 250 g/mol. The lowest BCUT2D eigenvalue weighted by Crippen LogP contribution is -2.40. The van der Waals surface area contributed by atoms with Crippen molar-refractivity contribution in [2.24, 2.45) is 5.92 Å². The Balaban J connectivity index is 1.88. The first-order chi connectivity index (χ1) is 9.58. The lowest BCUT2D eigenvalue weighted by atomic mass is 9.96. The van der Waals surface area contributed by atoms with Crippen LogP contribution < -0.4 is 11.1 Å². The predicted molar refractivity (Wildman–Crippen MR) is 83.7 cm³/mol. The van der Waals surface area contributed by atoms with Crippen LogP contribution in [0.2, 0.25) is 0 Å². The summed E-state index contributed by atoms with van der Waals surface area (Å²) in [6.45, 7) is 6.75. The number of nitrogens with one attached hydrogen (secondary N) is 1. The minimum atomic E-state index is 0.0645. The number of aryl methyl sites for hydroxylation is 1. The van der Waals surface area contributed by atoms with Gasteiger partial charge in [-0.1, -0.05) is 13.3 Å². The Morgan fingerprint density at radius 2 is 2.30 bits per heavy atom. The van der Waals surface area contributed by atoms with Gasteiger partial charge in [0.15, 0.2) is 0 Å². The van der Waals surface area contributed by atoms with Gasteiger partial charge in [-0.15, -0.1) is 0 Å². The topological polar surface area (TPSA) is 58.4 Å². The predicted octanol–water partition coefficient (Wildman–Crippen LogP) is 2.64. The molecule has 0 bridgehead atoms. The Labute approximate surface area is 121 Å². The highest BCUT2D eigenvalue weighted by molar-refractivity contribution is 5.93. The summed E-state index contributed by atoms with van der Waals surface area (Å²) in [5.74, 6) is 0.810. The second-order valence-corrected chi connectivity index (χ2v) is 5.77. The summed E-state index contributed by atoms with van der Waals surface area (Å²) in [7, 11) is 0. The third-order valence-corrected chi connectivity index (χ3v) is 4.07. The molecule has 1 saturated heterocycles. The second kappa shape index (κ2) is 6.75. The first kappa shape index (κ1) is 14.9. The van der Waals surface area contributed by atoms with E-state index < -0.39 is 0 Å². The van der Waals surface area contributed by atoms with Gasteiger partial charge in [0.25, 0.3) is 0 Å². The minimum Gasteiger partial charge on any atom is -0.399 e. The monoisotopic (exact) mass is 275 g/mol. The fourth-order valence-corrected chi connectivity index (χ4v) is 2.85. The van der Waals surface area contributed by atoms with Crippen molar-refractivity contribution in [2.45, 2.75) is 33.1 Å². The summed E-state index contributed by atoms with van der Waals surface area (Å²) >= 11 is 0. The van der Waals surface area contributed by atoms with Crippen molar-refractivity contribution in [3.05, 3.63) is 23.8 Å². The standard InChI is InChI=1S/C16H25N3O/c1-3-13-5-4-8-19(10-13)11-16(20)18-15-7-6-14(17)9-12(15)2/h6-7,9,13H,3-5,8,10-11,17H2,1-2H3,(H,18,20). The van der Waals surface area contributed by atoms with Gasteiger partial charge >= 0.3 is 0 Å². The number of nitrogen functional groups attached to an aromatic ring is 1. The van der Waals surface area contributed by atoms with Gasteiger partial charge in [0.1, 0.15) is 0 Å². The Kier molecular flexibility index (Phi) is 5.01. The van der Waals surface area contributed by atoms with Crippen molar-refractivity contribution in [1.29, 1.82) is 0 Å². The molecule has 0 aliphatic carbocycles. The molecule has 1 amide bonds. The molecule has 4 nitrogen and oxygen atoms in total. The van der Waals surface area contributed by atoms with Gasteiger partial charge in [0, 0.05) is 17.9 Å². The van der Waals surface area contributed by atoms with E-state index in [1.165, 1.54) is 19.3 Å². The normalized spacial score (nSPS) is 19.8. The Morgan fingerprint density at radius 1 is 1.50 bits per heavy atom. The summed E-state index contributed by atoms with van der Waals surface area (Å²) in [6, 6.07) is 5.56. The number of rotatable bonds is 4. The number of carbonyl (C=O) groups excluding carboxylic acids is 1. The quantitative estimate of drug-likeness (QED) is 0.831. The fourth-order valence-electron chi connectivity index (χ4n) is 2.85. The number of nitrogens with zero attached hydrogens (tertiary/aromatic N) is 1. The minimum absolute atomic E-state index is 0.0645. The van der Waals surface area contributed by atoms with Crippen LogP contribution >= 0.6 is 0 Å². The van der Waals surface area contributed by atoms with E-state index in [1.54, 1.807) is 0 Å². The van der Waals surface area contributed by atoms with Crippen LogP contribution in [0.25, 0.3) is 0 Å². The highest BCUT2D eigenvalue weighted by Gasteiger charge is 2.20. The van der Waals surface area contributed by atoms with Gasteiger partial charge in [-0.2, -0.15) is 0 Å². The molecule has 1 fully saturated rings. The maximum Gasteiger partial charge on any atom is 0.238 e. The van der Waals surface area contributed by atoms with Crippen LogP contribution in [0.3, 0.4) is 0 Å². The van der Waals surface area contributed by atoms with E-state index in [4.69, 9.17) is 5.73 Å². The summed E-state index contributed by atoms with van der Waals surface area (Å²) in [5, 5.41) is 2.98. The number of hydrogen-bond donors (Lipinski definition) is 2. The lowest BCUT2D eigenvalue weighted by molar-refractivity contribution is -0.117. The molecule has 1 aromatic carbocycles. The molecule has 0 aromatic heterocycles. The maximum atomic E-state index is 12.1. The van der Waals surface area contributed by atoms with Crippen LogP contribution in [0.4, 0.5) is 11.4 Å². The van der Waals surface area contributed by atoms with Crippen molar-refractivity contribution in [3.8, 4) is 0 Å². The molecule has 1 aliphatic heterocycles. The zero-order valence-corrected chi connectivity index (χ0v) is 12.5. The van der Waals surface area contributed by atoms with Crippen LogP contribution in [0.1, 0.15) is 31.7 Å². The molecular formula is C16H25N3O. The molecule has 0 saturated carbocycles. The molecule has 4 heteroatoms. The fraction of sp³-hybridized carbons (Fsp3) is 0.562. The van der Waals surface area contributed by atoms with Gasteiger partial charge in [-0.05, 0) is 56.0 Å². The van der Waals surface area contributed by atoms with Crippen molar-refractivity contribution in [2.75, 3.05) is 30.7 Å². The molecule has 1 aliphatic rings. The third kappa shape index (κ3) is 3.97. The largest absolute Gasteiger partial charge is 0.399 e. The van der Waals surface area contributed by atoms with E-state index in [0.29, 0.717) is 6.54 Å². The zero-order chi connectivity index (χ0) is 14.5. The second-order valence-electron chi connectivity index (χ2n) is 5.77. The summed E-state index contributed by atoms with van der Waals surface area (Å²) in [5.41, 5.74) is 8.30. The first-order valence-electron chi connectivity index (χ1n) is 7.46. The number of anilines is 2. The van der Waals surface area contributed by atoms with Crippen molar-refractivity contribution >= 4 is 17.3 Å². The third-order valence-electron chi connectivity index (χ3n) is 4.07. The first-order valence-corrected chi connectivity index (χ1v) is 7.46. The molecule has 1 heterocycles. The Hall–Kier alpha value is -1.55.